The molecule has 1 heterocycles. The fraction of sp³-hybridized carbons (Fsp3) is 0.256. The van der Waals surface area contributed by atoms with Crippen molar-refractivity contribution in [2.24, 2.45) is 17.8 Å². The van der Waals surface area contributed by atoms with Crippen molar-refractivity contribution in [3.63, 3.8) is 0 Å². The van der Waals surface area contributed by atoms with Gasteiger partial charge in [0.2, 0.25) is 0 Å². The molecule has 0 saturated heterocycles. The van der Waals surface area contributed by atoms with Crippen molar-refractivity contribution in [1.29, 1.82) is 5.26 Å². The Balaban J connectivity index is 1.21. The highest BCUT2D eigenvalue weighted by Crippen LogP contribution is 2.54. The molecule has 2 bridgehead atoms. The summed E-state index contributed by atoms with van der Waals surface area (Å²) in [6.07, 6.45) is 6.76. The monoisotopic (exact) mass is 610 g/mol. The first-order chi connectivity index (χ1) is 23.0. The second-order valence-corrected chi connectivity index (χ2v) is 14.1. The van der Waals surface area contributed by atoms with Crippen LogP contribution in [0.1, 0.15) is 57.1 Å². The lowest BCUT2D eigenvalue weighted by molar-refractivity contribution is 0.0780. The van der Waals surface area contributed by atoms with E-state index >= 15 is 0 Å². The van der Waals surface area contributed by atoms with Gasteiger partial charge in [0.1, 0.15) is 0 Å². The molecule has 0 aliphatic heterocycles. The minimum atomic E-state index is 0.326. The van der Waals surface area contributed by atoms with Crippen LogP contribution < -0.4 is 0 Å². The molecule has 2 saturated carbocycles. The molecule has 4 atom stereocenters. The molecule has 6 aromatic rings. The summed E-state index contributed by atoms with van der Waals surface area (Å²) >= 11 is 0. The largest absolute Gasteiger partial charge is 0.208 e. The maximum Gasteiger partial charge on any atom is 0.164 e. The van der Waals surface area contributed by atoms with E-state index in [0.29, 0.717) is 28.5 Å². The molecule has 4 nitrogen and oxygen atoms in total. The minimum absolute atomic E-state index is 0.326. The highest BCUT2D eigenvalue weighted by molar-refractivity contribution is 6.03. The molecular weight excluding hydrogens is 573 g/mol. The lowest BCUT2D eigenvalue weighted by atomic mass is 9.54. The molecule has 5 aromatic carbocycles. The number of nitriles is 1. The lowest BCUT2D eigenvalue weighted by Gasteiger charge is -2.50. The zero-order valence-electron chi connectivity index (χ0n) is 27.0. The van der Waals surface area contributed by atoms with Crippen LogP contribution in [0.3, 0.4) is 0 Å². The van der Waals surface area contributed by atoms with Crippen LogP contribution in [0.5, 0.6) is 0 Å². The third-order valence-corrected chi connectivity index (χ3v) is 10.5. The highest BCUT2D eigenvalue weighted by atomic mass is 15.0. The Hall–Kier alpha value is -5.14. The van der Waals surface area contributed by atoms with Gasteiger partial charge in [-0.2, -0.15) is 5.26 Å². The van der Waals surface area contributed by atoms with Crippen molar-refractivity contribution < 1.29 is 0 Å². The smallest absolute Gasteiger partial charge is 0.164 e. The molecule has 47 heavy (non-hydrogen) atoms. The van der Waals surface area contributed by atoms with Gasteiger partial charge in [0.15, 0.2) is 17.5 Å². The van der Waals surface area contributed by atoms with E-state index in [2.05, 4.69) is 80.6 Å². The number of hydrogen-bond acceptors (Lipinski definition) is 4. The number of hydrogen-bond donors (Lipinski definition) is 0. The molecular formula is C43H38N4. The summed E-state index contributed by atoms with van der Waals surface area (Å²) < 4.78 is 0. The molecule has 2 aliphatic rings. The Morgan fingerprint density at radius 3 is 1.74 bits per heavy atom. The molecule has 4 heteroatoms. The quantitative estimate of drug-likeness (QED) is 0.195. The second-order valence-electron chi connectivity index (χ2n) is 14.1. The van der Waals surface area contributed by atoms with Gasteiger partial charge in [-0.15, -0.1) is 0 Å². The average molecular weight is 611 g/mol. The summed E-state index contributed by atoms with van der Waals surface area (Å²) in [6, 6.07) is 42.1. The van der Waals surface area contributed by atoms with Crippen LogP contribution in [0.4, 0.5) is 0 Å². The Morgan fingerprint density at radius 1 is 0.553 bits per heavy atom. The van der Waals surface area contributed by atoms with E-state index in [1.165, 1.54) is 54.2 Å². The van der Waals surface area contributed by atoms with Gasteiger partial charge in [-0.1, -0.05) is 105 Å². The van der Waals surface area contributed by atoms with Crippen molar-refractivity contribution in [1.82, 2.24) is 15.0 Å². The number of benzene rings is 5. The maximum absolute atomic E-state index is 9.33. The van der Waals surface area contributed by atoms with Crippen molar-refractivity contribution >= 4 is 10.8 Å². The van der Waals surface area contributed by atoms with Crippen LogP contribution in [0.2, 0.25) is 0 Å². The summed E-state index contributed by atoms with van der Waals surface area (Å²) in [7, 11) is 0. The van der Waals surface area contributed by atoms with Gasteiger partial charge >= 0.3 is 0 Å². The summed E-state index contributed by atoms with van der Waals surface area (Å²) in [4.78, 5) is 14.9. The Labute approximate surface area is 277 Å². The van der Waals surface area contributed by atoms with Crippen LogP contribution in [0.15, 0.2) is 115 Å². The molecule has 2 unspecified atom stereocenters. The third-order valence-electron chi connectivity index (χ3n) is 10.5. The topological polar surface area (TPSA) is 62.5 Å². The van der Waals surface area contributed by atoms with Gasteiger partial charge in [-0.3, -0.25) is 0 Å². The van der Waals surface area contributed by atoms with Gasteiger partial charge < -0.3 is 0 Å². The van der Waals surface area contributed by atoms with Crippen molar-refractivity contribution in [3.05, 3.63) is 126 Å². The molecule has 230 valence electrons. The SMILES string of the molecule is C[C@@H]1CC2C[C@H](C)CC(c3ccc(-c4cccc5c(-c6nc(-c7ccccc7)nc(-c7ccc(C#N)cc7)n6)cccc45)cc3)(C2)C1. The normalized spacial score (nSPS) is 22.1. The van der Waals surface area contributed by atoms with Crippen molar-refractivity contribution in [2.75, 3.05) is 0 Å². The zero-order valence-corrected chi connectivity index (χ0v) is 27.0. The molecule has 2 aliphatic carbocycles. The fourth-order valence-electron chi connectivity index (χ4n) is 8.85. The number of aromatic nitrogens is 3. The maximum atomic E-state index is 9.33. The van der Waals surface area contributed by atoms with E-state index in [4.69, 9.17) is 15.0 Å². The van der Waals surface area contributed by atoms with Gasteiger partial charge in [0.05, 0.1) is 11.6 Å². The third kappa shape index (κ3) is 5.51. The molecule has 0 amide bonds. The fourth-order valence-corrected chi connectivity index (χ4v) is 8.85. The van der Waals surface area contributed by atoms with Crippen LogP contribution in [0, 0.1) is 29.1 Å². The summed E-state index contributed by atoms with van der Waals surface area (Å²) in [6.45, 7) is 4.92. The Kier molecular flexibility index (Phi) is 7.41. The predicted octanol–water partition coefficient (Wildman–Crippen LogP) is 10.7. The summed E-state index contributed by atoms with van der Waals surface area (Å²) in [5.74, 6) is 4.30. The van der Waals surface area contributed by atoms with Gasteiger partial charge in [0, 0.05) is 16.7 Å². The van der Waals surface area contributed by atoms with E-state index in [1.54, 1.807) is 12.1 Å². The van der Waals surface area contributed by atoms with E-state index in [-0.39, 0.29) is 0 Å². The zero-order chi connectivity index (χ0) is 32.0. The van der Waals surface area contributed by atoms with Gasteiger partial charge in [-0.25, -0.2) is 15.0 Å². The molecule has 0 spiro atoms. The molecule has 0 N–H and O–H groups in total. The molecule has 0 radical (unpaired) electrons. The first-order valence-corrected chi connectivity index (χ1v) is 16.9. The highest BCUT2D eigenvalue weighted by Gasteiger charge is 2.45. The van der Waals surface area contributed by atoms with Crippen molar-refractivity contribution in [3.8, 4) is 51.4 Å². The Morgan fingerprint density at radius 2 is 1.11 bits per heavy atom. The van der Waals surface area contributed by atoms with Crippen LogP contribution in [0.25, 0.3) is 56.1 Å². The van der Waals surface area contributed by atoms with E-state index in [9.17, 15) is 5.26 Å². The van der Waals surface area contributed by atoms with Gasteiger partial charge in [0.25, 0.3) is 0 Å². The van der Waals surface area contributed by atoms with Crippen molar-refractivity contribution in [2.45, 2.75) is 51.4 Å². The number of nitrogens with zero attached hydrogens (tertiary/aromatic N) is 4. The van der Waals surface area contributed by atoms with Crippen LogP contribution in [-0.2, 0) is 5.41 Å². The Bertz CT molecular complexity index is 2090. The minimum Gasteiger partial charge on any atom is -0.208 e. The lowest BCUT2D eigenvalue weighted by Crippen LogP contribution is -2.42. The van der Waals surface area contributed by atoms with Crippen LogP contribution >= 0.6 is 0 Å². The molecule has 8 rings (SSSR count). The number of rotatable bonds is 5. The standard InChI is InChI=1S/C43H38N4/c1-28-22-31-23-29(2)25-43(24-28,26-31)35-20-18-32(19-21-35)36-10-6-12-38-37(36)11-7-13-39(38)42-46-40(33-8-4-3-5-9-33)45-41(47-42)34-16-14-30(27-44)15-17-34/h3-21,28-29,31H,22-26H2,1-2H3/t28-,29+,31?,43?. The summed E-state index contributed by atoms with van der Waals surface area (Å²) in [5, 5.41) is 11.6. The van der Waals surface area contributed by atoms with E-state index in [0.717, 1.165) is 39.8 Å². The predicted molar refractivity (Wildman–Crippen MR) is 190 cm³/mol. The first-order valence-electron chi connectivity index (χ1n) is 16.9. The number of fused-ring (bicyclic) bond motifs is 3. The van der Waals surface area contributed by atoms with Crippen LogP contribution in [-0.4, -0.2) is 15.0 Å². The van der Waals surface area contributed by atoms with E-state index < -0.39 is 0 Å². The molecule has 2 fully saturated rings. The average Bonchev–Trinajstić information content (AvgIpc) is 3.11. The first kappa shape index (κ1) is 29.3. The van der Waals surface area contributed by atoms with E-state index in [1.807, 2.05) is 42.5 Å². The summed E-state index contributed by atoms with van der Waals surface area (Å²) in [5.41, 5.74) is 7.64. The molecule has 1 aromatic heterocycles. The van der Waals surface area contributed by atoms with Gasteiger partial charge in [-0.05, 0) is 107 Å². The second kappa shape index (κ2) is 11.9.